The van der Waals surface area contributed by atoms with Crippen molar-refractivity contribution in [2.45, 2.75) is 24.3 Å². The van der Waals surface area contributed by atoms with Crippen molar-refractivity contribution < 1.29 is 8.42 Å². The molecule has 0 bridgehead atoms. The number of hydrogen-bond acceptors (Lipinski definition) is 3. The van der Waals surface area contributed by atoms with Crippen LogP contribution in [0.1, 0.15) is 28.3 Å². The van der Waals surface area contributed by atoms with Crippen LogP contribution < -0.4 is 0 Å². The molecule has 0 aliphatic carbocycles. The first kappa shape index (κ1) is 17.0. The normalized spacial score (nSPS) is 17.8. The lowest BCUT2D eigenvalue weighted by Crippen LogP contribution is -2.38. The smallest absolute Gasteiger partial charge is 0.246 e. The summed E-state index contributed by atoms with van der Waals surface area (Å²) >= 11 is 0. The highest BCUT2D eigenvalue weighted by atomic mass is 32.2. The summed E-state index contributed by atoms with van der Waals surface area (Å²) in [5.74, 6) is 0.0212. The lowest BCUT2D eigenvalue weighted by molar-refractivity contribution is 0.371. The molecular formula is C20H21N3O2S. The molecule has 3 aromatic rings. The van der Waals surface area contributed by atoms with Crippen molar-refractivity contribution in [3.63, 3.8) is 0 Å². The molecule has 1 aromatic heterocycles. The van der Waals surface area contributed by atoms with E-state index in [4.69, 9.17) is 0 Å². The van der Waals surface area contributed by atoms with Crippen LogP contribution in [0.2, 0.25) is 0 Å². The number of rotatable bonds is 3. The molecule has 4 rings (SSSR count). The summed E-state index contributed by atoms with van der Waals surface area (Å²) in [6.07, 6.45) is 1.59. The summed E-state index contributed by atoms with van der Waals surface area (Å²) in [5.41, 5.74) is 3.91. The van der Waals surface area contributed by atoms with Gasteiger partial charge in [-0.3, -0.25) is 4.68 Å². The van der Waals surface area contributed by atoms with Crippen LogP contribution in [0.5, 0.6) is 0 Å². The van der Waals surface area contributed by atoms with E-state index in [2.05, 4.69) is 23.3 Å². The average Bonchev–Trinajstić information content (AvgIpc) is 3.00. The van der Waals surface area contributed by atoms with Gasteiger partial charge in [0.2, 0.25) is 10.0 Å². The molecule has 0 amide bonds. The van der Waals surface area contributed by atoms with Crippen molar-refractivity contribution in [1.29, 1.82) is 0 Å². The Labute approximate surface area is 153 Å². The minimum absolute atomic E-state index is 0.0212. The first-order valence-corrected chi connectivity index (χ1v) is 10.0. The number of benzene rings is 2. The fourth-order valence-corrected chi connectivity index (χ4v) is 5.33. The molecule has 26 heavy (non-hydrogen) atoms. The van der Waals surface area contributed by atoms with Crippen LogP contribution in [0.3, 0.4) is 0 Å². The third-order valence-electron chi connectivity index (χ3n) is 4.95. The largest absolute Gasteiger partial charge is 0.274 e. The van der Waals surface area contributed by atoms with Gasteiger partial charge >= 0.3 is 0 Å². The second-order valence-corrected chi connectivity index (χ2v) is 8.62. The summed E-state index contributed by atoms with van der Waals surface area (Å²) in [6, 6.07) is 18.2. The van der Waals surface area contributed by atoms with Crippen LogP contribution in [-0.4, -0.2) is 29.0 Å². The second-order valence-electron chi connectivity index (χ2n) is 6.71. The zero-order chi connectivity index (χ0) is 18.3. The molecule has 0 fully saturated rings. The van der Waals surface area contributed by atoms with E-state index in [1.807, 2.05) is 36.4 Å². The van der Waals surface area contributed by atoms with Crippen LogP contribution >= 0.6 is 0 Å². The number of aryl methyl sites for hydroxylation is 2. The van der Waals surface area contributed by atoms with E-state index in [1.165, 1.54) is 5.56 Å². The lowest BCUT2D eigenvalue weighted by atomic mass is 9.86. The van der Waals surface area contributed by atoms with Crippen molar-refractivity contribution in [2.24, 2.45) is 7.05 Å². The van der Waals surface area contributed by atoms with Crippen molar-refractivity contribution in [1.82, 2.24) is 14.1 Å². The summed E-state index contributed by atoms with van der Waals surface area (Å²) in [7, 11) is -1.87. The Balaban J connectivity index is 1.79. The van der Waals surface area contributed by atoms with Crippen molar-refractivity contribution in [3.8, 4) is 0 Å². The van der Waals surface area contributed by atoms with Crippen LogP contribution in [0.4, 0.5) is 0 Å². The van der Waals surface area contributed by atoms with Gasteiger partial charge in [-0.2, -0.15) is 9.40 Å². The van der Waals surface area contributed by atoms with Crippen LogP contribution in [0, 0.1) is 6.92 Å². The Morgan fingerprint density at radius 2 is 1.73 bits per heavy atom. The molecule has 2 aromatic carbocycles. The fourth-order valence-electron chi connectivity index (χ4n) is 3.70. The number of aromatic nitrogens is 2. The summed E-state index contributed by atoms with van der Waals surface area (Å²) in [4.78, 5) is 0.284. The van der Waals surface area contributed by atoms with Gasteiger partial charge in [-0.1, -0.05) is 54.6 Å². The number of nitrogens with zero attached hydrogens (tertiary/aromatic N) is 3. The third kappa shape index (κ3) is 2.85. The lowest BCUT2D eigenvalue weighted by Gasteiger charge is -2.34. The van der Waals surface area contributed by atoms with Gasteiger partial charge in [0.05, 0.1) is 5.69 Å². The van der Waals surface area contributed by atoms with Crippen molar-refractivity contribution >= 4 is 10.0 Å². The van der Waals surface area contributed by atoms with E-state index in [0.29, 0.717) is 18.8 Å². The molecule has 1 aliphatic heterocycles. The third-order valence-corrected chi connectivity index (χ3v) is 6.87. The van der Waals surface area contributed by atoms with E-state index in [0.717, 1.165) is 11.1 Å². The van der Waals surface area contributed by atoms with E-state index < -0.39 is 10.0 Å². The van der Waals surface area contributed by atoms with Gasteiger partial charge in [0.1, 0.15) is 4.90 Å². The fraction of sp³-hybridized carbons (Fsp3) is 0.250. The first-order valence-electron chi connectivity index (χ1n) is 8.60. The maximum atomic E-state index is 13.3. The zero-order valence-electron chi connectivity index (χ0n) is 14.8. The molecule has 5 nitrogen and oxygen atoms in total. The van der Waals surface area contributed by atoms with Crippen LogP contribution in [0.15, 0.2) is 65.7 Å². The van der Waals surface area contributed by atoms with Gasteiger partial charge in [0, 0.05) is 32.3 Å². The van der Waals surface area contributed by atoms with E-state index in [-0.39, 0.29) is 10.8 Å². The molecule has 0 radical (unpaired) electrons. The van der Waals surface area contributed by atoms with Gasteiger partial charge in [-0.15, -0.1) is 0 Å². The minimum atomic E-state index is -3.61. The van der Waals surface area contributed by atoms with Gasteiger partial charge in [-0.25, -0.2) is 8.42 Å². The Kier molecular flexibility index (Phi) is 4.17. The van der Waals surface area contributed by atoms with Gasteiger partial charge in [-0.05, 0) is 23.6 Å². The number of hydrogen-bond donors (Lipinski definition) is 0. The predicted molar refractivity (Wildman–Crippen MR) is 100 cm³/mol. The molecule has 134 valence electrons. The number of fused-ring (bicyclic) bond motifs is 1. The van der Waals surface area contributed by atoms with Gasteiger partial charge < -0.3 is 0 Å². The zero-order valence-corrected chi connectivity index (χ0v) is 15.6. The quantitative estimate of drug-likeness (QED) is 0.715. The topological polar surface area (TPSA) is 55.2 Å². The highest BCUT2D eigenvalue weighted by Gasteiger charge is 2.35. The van der Waals surface area contributed by atoms with Crippen LogP contribution in [0.25, 0.3) is 0 Å². The highest BCUT2D eigenvalue weighted by molar-refractivity contribution is 7.89. The summed E-state index contributed by atoms with van der Waals surface area (Å²) < 4.78 is 29.7. The van der Waals surface area contributed by atoms with Crippen LogP contribution in [-0.2, 0) is 23.6 Å². The highest BCUT2D eigenvalue weighted by Crippen LogP contribution is 2.36. The molecule has 0 N–H and O–H groups in total. The molecular weight excluding hydrogens is 346 g/mol. The SMILES string of the molecule is Cc1nn(C)cc1S(=O)(=O)N1Cc2ccccc2C(c2ccccc2)C1. The predicted octanol–water partition coefficient (Wildman–Crippen LogP) is 3.06. The number of sulfonamides is 1. The van der Waals surface area contributed by atoms with Crippen molar-refractivity contribution in [2.75, 3.05) is 6.54 Å². The van der Waals surface area contributed by atoms with E-state index in [1.54, 1.807) is 29.2 Å². The Morgan fingerprint density at radius 1 is 1.04 bits per heavy atom. The van der Waals surface area contributed by atoms with E-state index >= 15 is 0 Å². The van der Waals surface area contributed by atoms with E-state index in [9.17, 15) is 8.42 Å². The molecule has 2 heterocycles. The molecule has 0 saturated carbocycles. The molecule has 1 atom stereocenters. The maximum absolute atomic E-state index is 13.3. The maximum Gasteiger partial charge on any atom is 0.246 e. The second kappa shape index (κ2) is 6.37. The molecule has 0 spiro atoms. The average molecular weight is 367 g/mol. The van der Waals surface area contributed by atoms with Gasteiger partial charge in [0.15, 0.2) is 0 Å². The Bertz CT molecular complexity index is 1040. The first-order chi connectivity index (χ1) is 12.5. The van der Waals surface area contributed by atoms with Crippen molar-refractivity contribution in [3.05, 3.63) is 83.2 Å². The Hall–Kier alpha value is -2.44. The molecule has 6 heteroatoms. The van der Waals surface area contributed by atoms with Gasteiger partial charge in [0.25, 0.3) is 0 Å². The standard InChI is InChI=1S/C20H21N3O2S/c1-15-20(14-22(2)21-15)26(24,25)23-12-17-10-6-7-11-18(17)19(13-23)16-8-4-3-5-9-16/h3-11,14,19H,12-13H2,1-2H3. The molecule has 1 unspecified atom stereocenters. The summed E-state index contributed by atoms with van der Waals surface area (Å²) in [5, 5.41) is 4.20. The molecule has 1 aliphatic rings. The Morgan fingerprint density at radius 3 is 2.42 bits per heavy atom. The minimum Gasteiger partial charge on any atom is -0.274 e. The molecule has 0 saturated heterocycles. The summed E-state index contributed by atoms with van der Waals surface area (Å²) in [6.45, 7) is 2.55. The monoisotopic (exact) mass is 367 g/mol.